The number of hydrazone groups is 1. The molecule has 0 saturated carbocycles. The Bertz CT molecular complexity index is 1180. The molecule has 0 unspecified atom stereocenters. The number of nitrogens with zero attached hydrogens (tertiary/aromatic N) is 5. The number of para-hydroxylation sites is 1. The summed E-state index contributed by atoms with van der Waals surface area (Å²) in [6, 6.07) is 21.0. The second-order valence-electron chi connectivity index (χ2n) is 6.06. The normalized spacial score (nSPS) is 11.5. The van der Waals surface area contributed by atoms with E-state index in [-0.39, 0.29) is 0 Å². The average Bonchev–Trinajstić information content (AvgIpc) is 3.07. The molecule has 0 saturated heterocycles. The molecule has 4 rings (SSSR count). The molecule has 6 heteroatoms. The molecule has 2 aromatic carbocycles. The number of nitriles is 1. The number of nitrogens with two attached hydrogens (primary N) is 1. The average molecular weight is 352 g/mol. The van der Waals surface area contributed by atoms with Crippen LogP contribution in [0.15, 0.2) is 72.0 Å². The Morgan fingerprint density at radius 3 is 2.48 bits per heavy atom. The minimum atomic E-state index is 0.586. The molecule has 27 heavy (non-hydrogen) atoms. The first-order valence-electron chi connectivity index (χ1n) is 8.41. The number of pyridine rings is 1. The molecule has 0 atom stereocenters. The quantitative estimate of drug-likeness (QED) is 0.348. The standard InChI is InChI=1S/C21H16N6/c1-14-19-18(20(25-23)16-9-7-15(13-22)8-10-16)11-12-24-21(19)27(26-14)17-5-3-2-4-6-17/h2-12H,23H2,1H3. The summed E-state index contributed by atoms with van der Waals surface area (Å²) in [6.07, 6.45) is 1.73. The summed E-state index contributed by atoms with van der Waals surface area (Å²) in [5.41, 5.74) is 5.41. The fraction of sp³-hybridized carbons (Fsp3) is 0.0476. The van der Waals surface area contributed by atoms with Gasteiger partial charge in [0.25, 0.3) is 0 Å². The smallest absolute Gasteiger partial charge is 0.163 e. The number of aryl methyl sites for hydroxylation is 1. The zero-order valence-electron chi connectivity index (χ0n) is 14.7. The zero-order chi connectivity index (χ0) is 18.8. The van der Waals surface area contributed by atoms with Crippen LogP contribution in [0.1, 0.15) is 22.4 Å². The molecule has 130 valence electrons. The molecule has 4 aromatic rings. The summed E-state index contributed by atoms with van der Waals surface area (Å²) < 4.78 is 1.82. The van der Waals surface area contributed by atoms with E-state index in [2.05, 4.69) is 21.3 Å². The van der Waals surface area contributed by atoms with Gasteiger partial charge in [0.15, 0.2) is 5.65 Å². The van der Waals surface area contributed by atoms with E-state index in [1.165, 1.54) is 0 Å². The van der Waals surface area contributed by atoms with Crippen LogP contribution in [0.3, 0.4) is 0 Å². The van der Waals surface area contributed by atoms with Crippen molar-refractivity contribution in [1.29, 1.82) is 5.26 Å². The maximum atomic E-state index is 9.01. The van der Waals surface area contributed by atoms with Crippen molar-refractivity contribution in [3.8, 4) is 11.8 Å². The van der Waals surface area contributed by atoms with Gasteiger partial charge in [0.05, 0.1) is 34.1 Å². The van der Waals surface area contributed by atoms with E-state index in [0.29, 0.717) is 11.3 Å². The van der Waals surface area contributed by atoms with E-state index in [9.17, 15) is 0 Å². The summed E-state index contributed by atoms with van der Waals surface area (Å²) in [4.78, 5) is 4.54. The summed E-state index contributed by atoms with van der Waals surface area (Å²) in [7, 11) is 0. The fourth-order valence-electron chi connectivity index (χ4n) is 3.16. The van der Waals surface area contributed by atoms with E-state index in [0.717, 1.165) is 33.5 Å². The van der Waals surface area contributed by atoms with Gasteiger partial charge in [0.2, 0.25) is 0 Å². The maximum Gasteiger partial charge on any atom is 0.163 e. The highest BCUT2D eigenvalue weighted by molar-refractivity contribution is 6.19. The van der Waals surface area contributed by atoms with Crippen molar-refractivity contribution >= 4 is 16.7 Å². The first kappa shape index (κ1) is 16.5. The first-order valence-corrected chi connectivity index (χ1v) is 8.41. The van der Waals surface area contributed by atoms with Gasteiger partial charge in [-0.25, -0.2) is 9.67 Å². The van der Waals surface area contributed by atoms with Crippen LogP contribution >= 0.6 is 0 Å². The van der Waals surface area contributed by atoms with Crippen molar-refractivity contribution in [1.82, 2.24) is 14.8 Å². The van der Waals surface area contributed by atoms with Crippen molar-refractivity contribution in [3.63, 3.8) is 0 Å². The molecule has 0 spiro atoms. The Morgan fingerprint density at radius 1 is 1.07 bits per heavy atom. The van der Waals surface area contributed by atoms with Gasteiger partial charge in [-0.05, 0) is 37.3 Å². The number of hydrogen-bond donors (Lipinski definition) is 1. The molecular weight excluding hydrogens is 336 g/mol. The molecule has 2 aromatic heterocycles. The lowest BCUT2D eigenvalue weighted by Crippen LogP contribution is -2.08. The predicted octanol–water partition coefficient (Wildman–Crippen LogP) is 3.31. The van der Waals surface area contributed by atoms with Crippen LogP contribution in [0.5, 0.6) is 0 Å². The third-order valence-electron chi connectivity index (χ3n) is 4.42. The Kier molecular flexibility index (Phi) is 4.11. The number of hydrogen-bond acceptors (Lipinski definition) is 5. The second kappa shape index (κ2) is 6.73. The van der Waals surface area contributed by atoms with Crippen molar-refractivity contribution in [2.45, 2.75) is 6.92 Å². The Labute approximate surface area is 156 Å². The maximum absolute atomic E-state index is 9.01. The molecule has 0 aliphatic heterocycles. The first-order chi connectivity index (χ1) is 13.2. The fourth-order valence-corrected chi connectivity index (χ4v) is 3.16. The van der Waals surface area contributed by atoms with Crippen LogP contribution in [0, 0.1) is 18.3 Å². The molecule has 6 nitrogen and oxygen atoms in total. The van der Waals surface area contributed by atoms with Gasteiger partial charge in [0, 0.05) is 17.3 Å². The lowest BCUT2D eigenvalue weighted by Gasteiger charge is -2.08. The van der Waals surface area contributed by atoms with Gasteiger partial charge >= 0.3 is 0 Å². The molecule has 0 aliphatic carbocycles. The summed E-state index contributed by atoms with van der Waals surface area (Å²) >= 11 is 0. The third kappa shape index (κ3) is 2.81. The highest BCUT2D eigenvalue weighted by Gasteiger charge is 2.18. The molecule has 2 heterocycles. The van der Waals surface area contributed by atoms with Crippen molar-refractivity contribution in [2.24, 2.45) is 10.9 Å². The highest BCUT2D eigenvalue weighted by Crippen LogP contribution is 2.25. The number of fused-ring (bicyclic) bond motifs is 1. The topological polar surface area (TPSA) is 92.9 Å². The van der Waals surface area contributed by atoms with Gasteiger partial charge in [-0.2, -0.15) is 15.5 Å². The molecule has 0 aliphatic rings. The SMILES string of the molecule is Cc1nn(-c2ccccc2)c2nccc(C(=NN)c3ccc(C#N)cc3)c12. The Hall–Kier alpha value is -3.98. The van der Waals surface area contributed by atoms with Gasteiger partial charge in [-0.15, -0.1) is 0 Å². The van der Waals surface area contributed by atoms with Gasteiger partial charge in [-0.1, -0.05) is 30.3 Å². The number of rotatable bonds is 3. The van der Waals surface area contributed by atoms with Gasteiger partial charge < -0.3 is 5.84 Å². The van der Waals surface area contributed by atoms with Crippen LogP contribution in [0.4, 0.5) is 0 Å². The number of benzene rings is 2. The van der Waals surface area contributed by atoms with E-state index in [4.69, 9.17) is 11.1 Å². The van der Waals surface area contributed by atoms with Crippen molar-refractivity contribution in [2.75, 3.05) is 0 Å². The van der Waals surface area contributed by atoms with Crippen LogP contribution < -0.4 is 5.84 Å². The monoisotopic (exact) mass is 352 g/mol. The van der Waals surface area contributed by atoms with E-state index < -0.39 is 0 Å². The minimum Gasteiger partial charge on any atom is -0.323 e. The second-order valence-corrected chi connectivity index (χ2v) is 6.06. The van der Waals surface area contributed by atoms with Gasteiger partial charge in [0.1, 0.15) is 0 Å². The molecule has 0 radical (unpaired) electrons. The van der Waals surface area contributed by atoms with Crippen molar-refractivity contribution in [3.05, 3.63) is 89.2 Å². The van der Waals surface area contributed by atoms with Crippen LogP contribution in [-0.2, 0) is 0 Å². The molecule has 0 fully saturated rings. The molecule has 2 N–H and O–H groups in total. The summed E-state index contributed by atoms with van der Waals surface area (Å²) in [5, 5.41) is 18.6. The van der Waals surface area contributed by atoms with E-state index in [1.54, 1.807) is 18.3 Å². The van der Waals surface area contributed by atoms with Crippen LogP contribution in [0.2, 0.25) is 0 Å². The predicted molar refractivity (Wildman–Crippen MR) is 105 cm³/mol. The Morgan fingerprint density at radius 2 is 1.81 bits per heavy atom. The minimum absolute atomic E-state index is 0.586. The van der Waals surface area contributed by atoms with Crippen LogP contribution in [-0.4, -0.2) is 20.5 Å². The van der Waals surface area contributed by atoms with E-state index >= 15 is 0 Å². The molecule has 0 amide bonds. The number of aromatic nitrogens is 3. The lowest BCUT2D eigenvalue weighted by molar-refractivity contribution is 0.878. The van der Waals surface area contributed by atoms with Crippen molar-refractivity contribution < 1.29 is 0 Å². The highest BCUT2D eigenvalue weighted by atomic mass is 15.3. The zero-order valence-corrected chi connectivity index (χ0v) is 14.7. The molecule has 0 bridgehead atoms. The largest absolute Gasteiger partial charge is 0.323 e. The van der Waals surface area contributed by atoms with Gasteiger partial charge in [-0.3, -0.25) is 0 Å². The third-order valence-corrected chi connectivity index (χ3v) is 4.42. The summed E-state index contributed by atoms with van der Waals surface area (Å²) in [5.74, 6) is 5.74. The van der Waals surface area contributed by atoms with Crippen LogP contribution in [0.25, 0.3) is 16.7 Å². The lowest BCUT2D eigenvalue weighted by atomic mass is 9.99. The van der Waals surface area contributed by atoms with E-state index in [1.807, 2.05) is 60.1 Å². The summed E-state index contributed by atoms with van der Waals surface area (Å²) in [6.45, 7) is 1.94. The Balaban J connectivity index is 1.92. The molecular formula is C21H16N6.